The number of carbonyl (C=O) groups excluding carboxylic acids is 2. The van der Waals surface area contributed by atoms with Gasteiger partial charge in [0.15, 0.2) is 17.3 Å². The number of carbonyl (C=O) groups is 2. The van der Waals surface area contributed by atoms with Crippen LogP contribution in [0.25, 0.3) is 11.3 Å². The molecule has 0 spiro atoms. The quantitative estimate of drug-likeness (QED) is 0.457. The Morgan fingerprint density at radius 3 is 2.61 bits per heavy atom. The number of hydrogen-bond acceptors (Lipinski definition) is 8. The van der Waals surface area contributed by atoms with Crippen molar-refractivity contribution in [3.05, 3.63) is 53.3 Å². The highest BCUT2D eigenvalue weighted by molar-refractivity contribution is 5.94. The summed E-state index contributed by atoms with van der Waals surface area (Å²) in [6.45, 7) is 7.41. The average molecular weight is 529 g/mol. The van der Waals surface area contributed by atoms with Crippen molar-refractivity contribution in [3.8, 4) is 11.3 Å². The third-order valence-electron chi connectivity index (χ3n) is 7.03. The normalized spacial score (nSPS) is 20.3. The van der Waals surface area contributed by atoms with Gasteiger partial charge in [0.1, 0.15) is 11.6 Å². The van der Waals surface area contributed by atoms with Crippen LogP contribution in [0.4, 0.5) is 8.78 Å². The van der Waals surface area contributed by atoms with Gasteiger partial charge in [-0.3, -0.25) is 9.59 Å². The lowest BCUT2D eigenvalue weighted by Gasteiger charge is -2.39. The minimum atomic E-state index is -0.886. The maximum atomic E-state index is 14.2. The molecule has 2 atom stereocenters. The summed E-state index contributed by atoms with van der Waals surface area (Å²) in [4.78, 5) is 33.1. The number of aryl methyl sites for hydroxylation is 1. The molecular formula is C26H30F2N6O4. The molecule has 0 unspecified atom stereocenters. The Hall–Kier alpha value is -3.67. The Morgan fingerprint density at radius 1 is 1.13 bits per heavy atom. The van der Waals surface area contributed by atoms with Gasteiger partial charge in [0.25, 0.3) is 5.91 Å². The SMILES string of the molecule is Cc1nc(C(C)(C)NC(=O)[C@H]2CN(CC3CC3)CC[C@@H]2NC(=O)c2cc(-c3ccc(F)cc3F)on2)no1. The van der Waals surface area contributed by atoms with Crippen LogP contribution in [0.15, 0.2) is 33.3 Å². The fraction of sp³-hybridized carbons (Fsp3) is 0.500. The number of likely N-dealkylation sites (tertiary alicyclic amines) is 1. The van der Waals surface area contributed by atoms with Gasteiger partial charge in [-0.15, -0.1) is 0 Å². The largest absolute Gasteiger partial charge is 0.355 e. The molecular weight excluding hydrogens is 498 g/mol. The molecule has 1 aliphatic carbocycles. The monoisotopic (exact) mass is 528 g/mol. The number of piperidine rings is 1. The zero-order chi connectivity index (χ0) is 27.0. The van der Waals surface area contributed by atoms with E-state index >= 15 is 0 Å². The minimum absolute atomic E-state index is 0.00153. The number of nitrogens with one attached hydrogen (secondary N) is 2. The van der Waals surface area contributed by atoms with Crippen molar-refractivity contribution in [1.29, 1.82) is 0 Å². The molecule has 1 saturated carbocycles. The average Bonchev–Trinajstić information content (AvgIpc) is 3.33. The van der Waals surface area contributed by atoms with Crippen LogP contribution < -0.4 is 10.6 Å². The van der Waals surface area contributed by atoms with Gasteiger partial charge >= 0.3 is 0 Å². The highest BCUT2D eigenvalue weighted by Crippen LogP contribution is 2.32. The summed E-state index contributed by atoms with van der Waals surface area (Å²) in [5, 5.41) is 13.7. The molecule has 0 radical (unpaired) electrons. The molecule has 2 aliphatic rings. The van der Waals surface area contributed by atoms with Gasteiger partial charge in [0.05, 0.1) is 17.0 Å². The van der Waals surface area contributed by atoms with Crippen LogP contribution in [0, 0.1) is 30.4 Å². The molecule has 1 aromatic carbocycles. The van der Waals surface area contributed by atoms with Crippen LogP contribution in [0.5, 0.6) is 0 Å². The summed E-state index contributed by atoms with van der Waals surface area (Å²) < 4.78 is 37.7. The van der Waals surface area contributed by atoms with Gasteiger partial charge in [-0.1, -0.05) is 10.3 Å². The van der Waals surface area contributed by atoms with Crippen molar-refractivity contribution in [2.45, 2.75) is 51.6 Å². The first kappa shape index (κ1) is 26.0. The zero-order valence-electron chi connectivity index (χ0n) is 21.5. The van der Waals surface area contributed by atoms with Gasteiger partial charge in [0.2, 0.25) is 11.8 Å². The molecule has 2 fully saturated rings. The smallest absolute Gasteiger partial charge is 0.273 e. The van der Waals surface area contributed by atoms with Crippen molar-refractivity contribution in [2.75, 3.05) is 19.6 Å². The first-order valence-corrected chi connectivity index (χ1v) is 12.7. The molecule has 202 valence electrons. The van der Waals surface area contributed by atoms with E-state index in [9.17, 15) is 18.4 Å². The van der Waals surface area contributed by atoms with Gasteiger partial charge < -0.3 is 24.6 Å². The van der Waals surface area contributed by atoms with Crippen molar-refractivity contribution >= 4 is 11.8 Å². The van der Waals surface area contributed by atoms with Crippen molar-refractivity contribution in [1.82, 2.24) is 30.8 Å². The second-order valence-corrected chi connectivity index (χ2v) is 10.6. The van der Waals surface area contributed by atoms with E-state index in [4.69, 9.17) is 9.05 Å². The molecule has 10 nitrogen and oxygen atoms in total. The Kier molecular flexibility index (Phi) is 6.99. The van der Waals surface area contributed by atoms with E-state index < -0.39 is 35.0 Å². The van der Waals surface area contributed by atoms with Crippen LogP contribution in [0.2, 0.25) is 0 Å². The Morgan fingerprint density at radius 2 is 1.92 bits per heavy atom. The van der Waals surface area contributed by atoms with E-state index in [-0.39, 0.29) is 22.9 Å². The Bertz CT molecular complexity index is 1330. The molecule has 5 rings (SSSR count). The minimum Gasteiger partial charge on any atom is -0.355 e. The third kappa shape index (κ3) is 5.74. The number of amides is 2. The van der Waals surface area contributed by atoms with E-state index in [0.717, 1.165) is 25.2 Å². The molecule has 3 aromatic rings. The first-order valence-electron chi connectivity index (χ1n) is 12.7. The second-order valence-electron chi connectivity index (χ2n) is 10.6. The fourth-order valence-electron chi connectivity index (χ4n) is 4.74. The van der Waals surface area contributed by atoms with Gasteiger partial charge in [-0.25, -0.2) is 8.78 Å². The van der Waals surface area contributed by atoms with E-state index in [2.05, 4.69) is 30.8 Å². The zero-order valence-corrected chi connectivity index (χ0v) is 21.5. The summed E-state index contributed by atoms with van der Waals surface area (Å²) in [6, 6.07) is 3.87. The van der Waals surface area contributed by atoms with Crippen LogP contribution in [0.3, 0.4) is 0 Å². The van der Waals surface area contributed by atoms with Crippen molar-refractivity contribution in [3.63, 3.8) is 0 Å². The van der Waals surface area contributed by atoms with E-state index in [0.29, 0.717) is 30.6 Å². The fourth-order valence-corrected chi connectivity index (χ4v) is 4.74. The Balaban J connectivity index is 1.31. The van der Waals surface area contributed by atoms with E-state index in [1.807, 2.05) is 0 Å². The number of benzene rings is 1. The first-order chi connectivity index (χ1) is 18.1. The molecule has 12 heteroatoms. The summed E-state index contributed by atoms with van der Waals surface area (Å²) in [6.07, 6.45) is 2.96. The van der Waals surface area contributed by atoms with Crippen LogP contribution in [-0.2, 0) is 10.3 Å². The van der Waals surface area contributed by atoms with Gasteiger partial charge in [-0.2, -0.15) is 4.98 Å². The summed E-state index contributed by atoms with van der Waals surface area (Å²) >= 11 is 0. The number of aromatic nitrogens is 3. The topological polar surface area (TPSA) is 126 Å². The predicted molar refractivity (Wildman–Crippen MR) is 131 cm³/mol. The van der Waals surface area contributed by atoms with Gasteiger partial charge in [-0.05, 0) is 51.2 Å². The molecule has 2 amide bonds. The maximum absolute atomic E-state index is 14.2. The molecule has 2 aromatic heterocycles. The number of hydrogen-bond donors (Lipinski definition) is 2. The van der Waals surface area contributed by atoms with Crippen LogP contribution >= 0.6 is 0 Å². The number of rotatable bonds is 8. The van der Waals surface area contributed by atoms with Crippen LogP contribution in [-0.4, -0.2) is 57.7 Å². The maximum Gasteiger partial charge on any atom is 0.273 e. The standard InChI is InChI=1S/C26H30F2N6O4/c1-14-29-25(33-37-14)26(2,3)31-23(35)18-13-34(12-15-4-5-15)9-8-20(18)30-24(36)21-11-22(38-32-21)17-7-6-16(27)10-19(17)28/h6-7,10-11,15,18,20H,4-5,8-9,12-13H2,1-3H3,(H,30,36)(H,31,35)/t18-,20-/m0/s1. The highest BCUT2D eigenvalue weighted by Gasteiger charge is 2.40. The lowest BCUT2D eigenvalue weighted by Crippen LogP contribution is -2.58. The Labute approximate surface area is 218 Å². The molecule has 38 heavy (non-hydrogen) atoms. The van der Waals surface area contributed by atoms with E-state index in [1.165, 1.54) is 25.0 Å². The molecule has 2 N–H and O–H groups in total. The number of halogens is 2. The van der Waals surface area contributed by atoms with Gasteiger partial charge in [0, 0.05) is 44.7 Å². The molecule has 0 bridgehead atoms. The summed E-state index contributed by atoms with van der Waals surface area (Å²) in [5.74, 6) is -1.47. The predicted octanol–water partition coefficient (Wildman–Crippen LogP) is 3.19. The molecule has 1 saturated heterocycles. The lowest BCUT2D eigenvalue weighted by molar-refractivity contribution is -0.129. The molecule has 1 aliphatic heterocycles. The van der Waals surface area contributed by atoms with Crippen molar-refractivity contribution in [2.24, 2.45) is 11.8 Å². The van der Waals surface area contributed by atoms with Crippen LogP contribution in [0.1, 0.15) is 55.3 Å². The summed E-state index contributed by atoms with van der Waals surface area (Å²) in [5.41, 5.74) is -0.962. The molecule has 3 heterocycles. The van der Waals surface area contributed by atoms with E-state index in [1.54, 1.807) is 20.8 Å². The summed E-state index contributed by atoms with van der Waals surface area (Å²) in [7, 11) is 0. The van der Waals surface area contributed by atoms with Crippen molar-refractivity contribution < 1.29 is 27.4 Å². The highest BCUT2D eigenvalue weighted by atomic mass is 19.1. The second kappa shape index (κ2) is 10.2. The number of nitrogens with zero attached hydrogens (tertiary/aromatic N) is 4. The third-order valence-corrected chi connectivity index (χ3v) is 7.03. The lowest BCUT2D eigenvalue weighted by atomic mass is 9.89.